The zero-order valence-corrected chi connectivity index (χ0v) is 15.5. The number of methoxy groups -OCH3 is 1. The van der Waals surface area contributed by atoms with Crippen LogP contribution in [0.25, 0.3) is 11.4 Å². The summed E-state index contributed by atoms with van der Waals surface area (Å²) in [6.07, 6.45) is 0.310. The van der Waals surface area contributed by atoms with Crippen LogP contribution in [0.3, 0.4) is 0 Å². The molecular formula is C18H15ClN4O5. The number of amides is 1. The molecule has 0 radical (unpaired) electrons. The number of hydrogen-bond donors (Lipinski definition) is 1. The van der Waals surface area contributed by atoms with E-state index in [-0.39, 0.29) is 23.5 Å². The molecule has 2 aromatic carbocycles. The number of nitro groups is 1. The van der Waals surface area contributed by atoms with Crippen molar-refractivity contribution >= 4 is 23.2 Å². The van der Waals surface area contributed by atoms with Crippen LogP contribution in [0.5, 0.6) is 5.75 Å². The summed E-state index contributed by atoms with van der Waals surface area (Å²) in [5, 5.41) is 18.2. The monoisotopic (exact) mass is 402 g/mol. The summed E-state index contributed by atoms with van der Waals surface area (Å²) in [5.74, 6) is 0.403. The summed E-state index contributed by atoms with van der Waals surface area (Å²) in [6, 6.07) is 11.0. The zero-order chi connectivity index (χ0) is 20.1. The fourth-order valence-electron chi connectivity index (χ4n) is 2.43. The van der Waals surface area contributed by atoms with Crippen molar-refractivity contribution in [3.63, 3.8) is 0 Å². The van der Waals surface area contributed by atoms with Crippen LogP contribution in [0.2, 0.25) is 5.02 Å². The van der Waals surface area contributed by atoms with Gasteiger partial charge >= 0.3 is 5.69 Å². The highest BCUT2D eigenvalue weighted by molar-refractivity contribution is 6.30. The Kier molecular flexibility index (Phi) is 5.85. The van der Waals surface area contributed by atoms with Crippen LogP contribution in [-0.4, -0.2) is 34.6 Å². The third-order valence-corrected chi connectivity index (χ3v) is 4.08. The number of ether oxygens (including phenoxy) is 1. The van der Waals surface area contributed by atoms with Crippen LogP contribution < -0.4 is 10.1 Å². The lowest BCUT2D eigenvalue weighted by molar-refractivity contribution is -0.385. The molecule has 0 aliphatic rings. The molecule has 10 heteroatoms. The summed E-state index contributed by atoms with van der Waals surface area (Å²) in [5.41, 5.74) is 0.633. The number of nitrogens with one attached hydrogen (secondary N) is 1. The Bertz CT molecular complexity index is 1000. The van der Waals surface area contributed by atoms with Gasteiger partial charge in [-0.25, -0.2) is 0 Å². The van der Waals surface area contributed by atoms with Gasteiger partial charge in [-0.05, 0) is 36.4 Å². The van der Waals surface area contributed by atoms with Gasteiger partial charge in [0.2, 0.25) is 11.7 Å². The minimum atomic E-state index is -0.605. The fourth-order valence-corrected chi connectivity index (χ4v) is 2.56. The molecule has 0 unspecified atom stereocenters. The third-order valence-electron chi connectivity index (χ3n) is 3.83. The van der Waals surface area contributed by atoms with Crippen molar-refractivity contribution in [2.45, 2.75) is 6.42 Å². The van der Waals surface area contributed by atoms with Crippen LogP contribution in [0.4, 0.5) is 5.69 Å². The van der Waals surface area contributed by atoms with Gasteiger partial charge in [0.05, 0.1) is 12.0 Å². The average Bonchev–Trinajstić information content (AvgIpc) is 3.16. The number of aromatic nitrogens is 2. The van der Waals surface area contributed by atoms with E-state index in [4.69, 9.17) is 20.9 Å². The summed E-state index contributed by atoms with van der Waals surface area (Å²) in [6.45, 7) is 0.223. The minimum Gasteiger partial charge on any atom is -0.490 e. The van der Waals surface area contributed by atoms with Crippen molar-refractivity contribution in [3.05, 3.63) is 69.1 Å². The molecule has 0 aliphatic heterocycles. The van der Waals surface area contributed by atoms with Gasteiger partial charge in [-0.15, -0.1) is 0 Å². The molecule has 0 saturated carbocycles. The standard InChI is InChI=1S/C18H15ClN4O5/c1-27-15-7-4-12(10-14(15)23(25)26)18(24)20-9-8-16-21-17(22-28-16)11-2-5-13(19)6-3-11/h2-7,10H,8-9H2,1H3,(H,20,24). The second kappa shape index (κ2) is 8.49. The van der Waals surface area contributed by atoms with Gasteiger partial charge in [0.1, 0.15) is 0 Å². The lowest BCUT2D eigenvalue weighted by Gasteiger charge is -2.06. The Morgan fingerprint density at radius 1 is 1.29 bits per heavy atom. The van der Waals surface area contributed by atoms with Crippen molar-refractivity contribution < 1.29 is 19.0 Å². The van der Waals surface area contributed by atoms with Crippen LogP contribution in [-0.2, 0) is 6.42 Å². The van der Waals surface area contributed by atoms with Crippen molar-refractivity contribution in [2.24, 2.45) is 0 Å². The Morgan fingerprint density at radius 2 is 2.04 bits per heavy atom. The van der Waals surface area contributed by atoms with E-state index in [2.05, 4.69) is 15.5 Å². The molecule has 0 spiro atoms. The van der Waals surface area contributed by atoms with E-state index in [1.54, 1.807) is 24.3 Å². The first-order valence-corrected chi connectivity index (χ1v) is 8.55. The molecular weight excluding hydrogens is 388 g/mol. The SMILES string of the molecule is COc1ccc(C(=O)NCCc2nc(-c3ccc(Cl)cc3)no2)cc1[N+](=O)[O-]. The molecule has 1 N–H and O–H groups in total. The number of carbonyl (C=O) groups excluding carboxylic acids is 1. The number of rotatable bonds is 7. The van der Waals surface area contributed by atoms with Gasteiger partial charge < -0.3 is 14.6 Å². The normalized spacial score (nSPS) is 10.5. The Labute approximate surface area is 164 Å². The molecule has 0 atom stereocenters. The van der Waals surface area contributed by atoms with Crippen LogP contribution in [0, 0.1) is 10.1 Å². The molecule has 0 fully saturated rings. The maximum atomic E-state index is 12.2. The molecule has 144 valence electrons. The molecule has 1 heterocycles. The Balaban J connectivity index is 1.59. The second-order valence-corrected chi connectivity index (χ2v) is 6.10. The van der Waals surface area contributed by atoms with Crippen LogP contribution in [0.1, 0.15) is 16.2 Å². The molecule has 0 saturated heterocycles. The summed E-state index contributed by atoms with van der Waals surface area (Å²) in [4.78, 5) is 26.9. The van der Waals surface area contributed by atoms with Crippen molar-refractivity contribution in [1.82, 2.24) is 15.5 Å². The highest BCUT2D eigenvalue weighted by Crippen LogP contribution is 2.27. The molecule has 1 amide bonds. The molecule has 0 bridgehead atoms. The fraction of sp³-hybridized carbons (Fsp3) is 0.167. The van der Waals surface area contributed by atoms with Crippen molar-refractivity contribution in [1.29, 1.82) is 0 Å². The number of halogens is 1. The van der Waals surface area contributed by atoms with Gasteiger partial charge in [-0.1, -0.05) is 16.8 Å². The Morgan fingerprint density at radius 3 is 2.71 bits per heavy atom. The summed E-state index contributed by atoms with van der Waals surface area (Å²) in [7, 11) is 1.32. The first-order valence-electron chi connectivity index (χ1n) is 8.17. The smallest absolute Gasteiger partial charge is 0.311 e. The molecule has 28 heavy (non-hydrogen) atoms. The van der Waals surface area contributed by atoms with Crippen molar-refractivity contribution in [3.8, 4) is 17.1 Å². The van der Waals surface area contributed by atoms with Gasteiger partial charge in [-0.2, -0.15) is 4.98 Å². The maximum Gasteiger partial charge on any atom is 0.311 e. The summed E-state index contributed by atoms with van der Waals surface area (Å²) >= 11 is 5.85. The van der Waals surface area contributed by atoms with Gasteiger partial charge in [0.15, 0.2) is 5.75 Å². The largest absolute Gasteiger partial charge is 0.490 e. The lowest BCUT2D eigenvalue weighted by Crippen LogP contribution is -2.25. The summed E-state index contributed by atoms with van der Waals surface area (Å²) < 4.78 is 10.1. The first-order chi connectivity index (χ1) is 13.5. The zero-order valence-electron chi connectivity index (χ0n) is 14.7. The molecule has 1 aromatic heterocycles. The highest BCUT2D eigenvalue weighted by Gasteiger charge is 2.18. The van der Waals surface area contributed by atoms with Crippen LogP contribution >= 0.6 is 11.6 Å². The Hall–Kier alpha value is -3.46. The maximum absolute atomic E-state index is 12.2. The number of nitrogens with zero attached hydrogens (tertiary/aromatic N) is 3. The second-order valence-electron chi connectivity index (χ2n) is 5.67. The van der Waals surface area contributed by atoms with E-state index in [1.807, 2.05) is 0 Å². The minimum absolute atomic E-state index is 0.0853. The highest BCUT2D eigenvalue weighted by atomic mass is 35.5. The first kappa shape index (κ1) is 19.3. The van der Waals surface area contributed by atoms with Gasteiger partial charge in [0, 0.05) is 35.2 Å². The number of carbonyl (C=O) groups is 1. The molecule has 3 aromatic rings. The van der Waals surface area contributed by atoms with Crippen LogP contribution in [0.15, 0.2) is 47.0 Å². The third kappa shape index (κ3) is 4.44. The van der Waals surface area contributed by atoms with E-state index in [1.165, 1.54) is 25.3 Å². The topological polar surface area (TPSA) is 120 Å². The number of benzene rings is 2. The molecule has 0 aliphatic carbocycles. The predicted octanol–water partition coefficient (Wildman–Crippen LogP) is 3.28. The van der Waals surface area contributed by atoms with Gasteiger partial charge in [-0.3, -0.25) is 14.9 Å². The van der Waals surface area contributed by atoms with E-state index >= 15 is 0 Å². The number of hydrogen-bond acceptors (Lipinski definition) is 7. The van der Waals surface area contributed by atoms with E-state index < -0.39 is 10.8 Å². The number of nitro benzene ring substituents is 1. The molecule has 3 rings (SSSR count). The lowest BCUT2D eigenvalue weighted by atomic mass is 10.1. The van der Waals surface area contributed by atoms with E-state index in [9.17, 15) is 14.9 Å². The molecule has 9 nitrogen and oxygen atoms in total. The quantitative estimate of drug-likeness (QED) is 0.475. The van der Waals surface area contributed by atoms with Crippen molar-refractivity contribution in [2.75, 3.05) is 13.7 Å². The van der Waals surface area contributed by atoms with E-state index in [0.717, 1.165) is 5.56 Å². The average molecular weight is 403 g/mol. The van der Waals surface area contributed by atoms with Gasteiger partial charge in [0.25, 0.3) is 5.91 Å². The predicted molar refractivity (Wildman–Crippen MR) is 100 cm³/mol. The van der Waals surface area contributed by atoms with E-state index in [0.29, 0.717) is 23.2 Å².